The van der Waals surface area contributed by atoms with E-state index >= 15 is 0 Å². The van der Waals surface area contributed by atoms with Crippen LogP contribution in [0.4, 0.5) is 5.69 Å². The summed E-state index contributed by atoms with van der Waals surface area (Å²) in [5.41, 5.74) is 6.49. The molecule has 172 valence electrons. The fourth-order valence-corrected chi connectivity index (χ4v) is 3.97. The second kappa shape index (κ2) is 9.38. The van der Waals surface area contributed by atoms with Crippen LogP contribution in [0.2, 0.25) is 0 Å². The second-order valence-corrected chi connectivity index (χ2v) is 7.75. The van der Waals surface area contributed by atoms with E-state index in [0.717, 1.165) is 39.0 Å². The van der Waals surface area contributed by atoms with Crippen LogP contribution >= 0.6 is 0 Å². The largest absolute Gasteiger partial charge is 0.493 e. The van der Waals surface area contributed by atoms with Crippen LogP contribution < -0.4 is 19.1 Å². The first-order valence-corrected chi connectivity index (χ1v) is 10.6. The summed E-state index contributed by atoms with van der Waals surface area (Å²) in [6, 6.07) is 12.1. The number of aromatic amines is 1. The van der Waals surface area contributed by atoms with Crippen molar-refractivity contribution in [3.05, 3.63) is 48.2 Å². The zero-order valence-electron chi connectivity index (χ0n) is 19.5. The number of nitrogens with one attached hydrogen (secondary N) is 1. The van der Waals surface area contributed by atoms with E-state index in [9.17, 15) is 5.11 Å². The zero-order chi connectivity index (χ0) is 23.5. The third-order valence-corrected chi connectivity index (χ3v) is 5.75. The van der Waals surface area contributed by atoms with Gasteiger partial charge in [-0.05, 0) is 42.3 Å². The summed E-state index contributed by atoms with van der Waals surface area (Å²) in [6.07, 6.45) is 1.82. The Balaban J connectivity index is 1.82. The Labute approximate surface area is 192 Å². The molecule has 0 aliphatic carbocycles. The van der Waals surface area contributed by atoms with E-state index in [0.29, 0.717) is 29.4 Å². The molecule has 0 fully saturated rings. The molecule has 0 aliphatic rings. The summed E-state index contributed by atoms with van der Waals surface area (Å²) in [5.74, 6) is 1.66. The van der Waals surface area contributed by atoms with Crippen molar-refractivity contribution >= 4 is 16.7 Å². The summed E-state index contributed by atoms with van der Waals surface area (Å²) in [7, 11) is 6.74. The van der Waals surface area contributed by atoms with E-state index in [1.165, 1.54) is 0 Å². The number of likely N-dealkylation sites (N-methyl/N-ethyl adjacent to an activating group) is 1. The van der Waals surface area contributed by atoms with Crippen LogP contribution in [0, 0.1) is 6.92 Å². The molecule has 0 amide bonds. The van der Waals surface area contributed by atoms with Crippen molar-refractivity contribution in [2.24, 2.45) is 0 Å². The SMILES string of the molecule is COc1cc(-c2[nH]nc3ncc(-c4ccc(C)c(N(C)CCO)c4)cc23)cc(OC)c1OC. The Bertz CT molecular complexity index is 1260. The number of nitrogens with zero attached hydrogens (tertiary/aromatic N) is 3. The van der Waals surface area contributed by atoms with Gasteiger partial charge in [0, 0.05) is 42.0 Å². The van der Waals surface area contributed by atoms with E-state index in [-0.39, 0.29) is 6.61 Å². The molecule has 0 saturated carbocycles. The molecule has 0 unspecified atom stereocenters. The number of fused-ring (bicyclic) bond motifs is 1. The molecule has 8 nitrogen and oxygen atoms in total. The summed E-state index contributed by atoms with van der Waals surface area (Å²) >= 11 is 0. The molecule has 2 heterocycles. The van der Waals surface area contributed by atoms with Crippen LogP contribution in [0.15, 0.2) is 42.6 Å². The Kier molecular flexibility index (Phi) is 6.37. The third-order valence-electron chi connectivity index (χ3n) is 5.75. The number of aryl methyl sites for hydroxylation is 1. The topological polar surface area (TPSA) is 92.7 Å². The van der Waals surface area contributed by atoms with Crippen LogP contribution in [0.25, 0.3) is 33.4 Å². The van der Waals surface area contributed by atoms with E-state index in [4.69, 9.17) is 14.2 Å². The maximum Gasteiger partial charge on any atom is 0.203 e. The number of aliphatic hydroxyl groups is 1. The van der Waals surface area contributed by atoms with Gasteiger partial charge in [0.05, 0.1) is 33.6 Å². The van der Waals surface area contributed by atoms with Gasteiger partial charge in [0.1, 0.15) is 0 Å². The number of pyridine rings is 1. The minimum atomic E-state index is 0.0981. The van der Waals surface area contributed by atoms with Crippen LogP contribution in [-0.2, 0) is 0 Å². The molecule has 8 heteroatoms. The Morgan fingerprint density at radius 1 is 0.939 bits per heavy atom. The van der Waals surface area contributed by atoms with Gasteiger partial charge in [0.2, 0.25) is 5.75 Å². The van der Waals surface area contributed by atoms with Gasteiger partial charge in [-0.25, -0.2) is 4.98 Å². The minimum absolute atomic E-state index is 0.0981. The van der Waals surface area contributed by atoms with Crippen molar-refractivity contribution in [1.29, 1.82) is 0 Å². The first kappa shape index (κ1) is 22.4. The van der Waals surface area contributed by atoms with Gasteiger partial charge in [-0.1, -0.05) is 12.1 Å². The molecule has 4 aromatic rings. The molecule has 4 rings (SSSR count). The van der Waals surface area contributed by atoms with E-state index in [2.05, 4.69) is 46.4 Å². The molecule has 0 saturated heterocycles. The molecule has 2 aromatic heterocycles. The number of methoxy groups -OCH3 is 3. The monoisotopic (exact) mass is 448 g/mol. The van der Waals surface area contributed by atoms with Gasteiger partial charge in [-0.2, -0.15) is 5.10 Å². The summed E-state index contributed by atoms with van der Waals surface area (Å²) < 4.78 is 16.5. The van der Waals surface area contributed by atoms with E-state index in [1.54, 1.807) is 21.3 Å². The van der Waals surface area contributed by atoms with Crippen molar-refractivity contribution in [1.82, 2.24) is 15.2 Å². The van der Waals surface area contributed by atoms with Gasteiger partial charge in [0.15, 0.2) is 17.1 Å². The molecular weight excluding hydrogens is 420 g/mol. The lowest BCUT2D eigenvalue weighted by molar-refractivity contribution is 0.304. The number of H-pyrrole nitrogens is 1. The number of hydrogen-bond donors (Lipinski definition) is 2. The molecule has 0 spiro atoms. The highest BCUT2D eigenvalue weighted by Crippen LogP contribution is 2.42. The fourth-order valence-electron chi connectivity index (χ4n) is 3.97. The lowest BCUT2D eigenvalue weighted by Gasteiger charge is -2.21. The highest BCUT2D eigenvalue weighted by atomic mass is 16.5. The van der Waals surface area contributed by atoms with Gasteiger partial charge in [-0.3, -0.25) is 5.10 Å². The van der Waals surface area contributed by atoms with Crippen LogP contribution in [0.3, 0.4) is 0 Å². The molecule has 0 aliphatic heterocycles. The Morgan fingerprint density at radius 3 is 2.30 bits per heavy atom. The van der Waals surface area contributed by atoms with Gasteiger partial charge < -0.3 is 24.2 Å². The first-order valence-electron chi connectivity index (χ1n) is 10.6. The number of anilines is 1. The number of ether oxygens (including phenoxy) is 3. The molecular formula is C25H28N4O4. The Hall–Kier alpha value is -3.78. The zero-order valence-corrected chi connectivity index (χ0v) is 19.5. The Morgan fingerprint density at radius 2 is 1.67 bits per heavy atom. The molecule has 2 aromatic carbocycles. The van der Waals surface area contributed by atoms with Gasteiger partial charge in [-0.15, -0.1) is 0 Å². The standard InChI is InChI=1S/C25H28N4O4/c1-15-6-7-16(11-20(15)29(2)8-9-30)18-10-19-23(27-28-25(19)26-14-18)17-12-21(31-3)24(33-5)22(13-17)32-4/h6-7,10-14,30H,8-9H2,1-5H3,(H,26,27,28). The average molecular weight is 449 g/mol. The minimum Gasteiger partial charge on any atom is -0.493 e. The summed E-state index contributed by atoms with van der Waals surface area (Å²) in [6.45, 7) is 2.72. The molecule has 2 N–H and O–H groups in total. The van der Waals surface area contributed by atoms with Crippen molar-refractivity contribution in [3.8, 4) is 39.6 Å². The predicted octanol–water partition coefficient (Wildman–Crippen LogP) is 4.05. The molecule has 0 atom stereocenters. The van der Waals surface area contributed by atoms with Crippen LogP contribution in [0.1, 0.15) is 5.56 Å². The number of benzene rings is 2. The van der Waals surface area contributed by atoms with Gasteiger partial charge >= 0.3 is 0 Å². The van der Waals surface area contributed by atoms with Crippen molar-refractivity contribution in [3.63, 3.8) is 0 Å². The fraction of sp³-hybridized carbons (Fsp3) is 0.280. The van der Waals surface area contributed by atoms with E-state index in [1.807, 2.05) is 30.3 Å². The van der Waals surface area contributed by atoms with Crippen LogP contribution in [0.5, 0.6) is 17.2 Å². The predicted molar refractivity (Wildman–Crippen MR) is 130 cm³/mol. The van der Waals surface area contributed by atoms with Crippen molar-refractivity contribution < 1.29 is 19.3 Å². The smallest absolute Gasteiger partial charge is 0.203 e. The summed E-state index contributed by atoms with van der Waals surface area (Å²) in [5, 5.41) is 17.7. The number of rotatable bonds is 8. The quantitative estimate of drug-likeness (QED) is 0.420. The molecule has 33 heavy (non-hydrogen) atoms. The number of aromatic nitrogens is 3. The second-order valence-electron chi connectivity index (χ2n) is 7.75. The van der Waals surface area contributed by atoms with Crippen molar-refractivity contribution in [2.75, 3.05) is 46.4 Å². The highest BCUT2D eigenvalue weighted by Gasteiger charge is 2.18. The first-order chi connectivity index (χ1) is 16.0. The number of aliphatic hydroxyl groups excluding tert-OH is 1. The van der Waals surface area contributed by atoms with E-state index < -0.39 is 0 Å². The van der Waals surface area contributed by atoms with Crippen molar-refractivity contribution in [2.45, 2.75) is 6.92 Å². The molecule has 0 radical (unpaired) electrons. The lowest BCUT2D eigenvalue weighted by Crippen LogP contribution is -2.21. The highest BCUT2D eigenvalue weighted by molar-refractivity contribution is 5.94. The normalized spacial score (nSPS) is 11.0. The van der Waals surface area contributed by atoms with Crippen LogP contribution in [-0.4, -0.2) is 61.8 Å². The maximum atomic E-state index is 9.33. The molecule has 0 bridgehead atoms. The third kappa shape index (κ3) is 4.17. The number of hydrogen-bond acceptors (Lipinski definition) is 7. The van der Waals surface area contributed by atoms with Gasteiger partial charge in [0.25, 0.3) is 0 Å². The maximum absolute atomic E-state index is 9.33. The summed E-state index contributed by atoms with van der Waals surface area (Å²) in [4.78, 5) is 6.62. The lowest BCUT2D eigenvalue weighted by atomic mass is 10.0. The average Bonchev–Trinajstić information content (AvgIpc) is 3.26.